The lowest BCUT2D eigenvalue weighted by Gasteiger charge is -2.26. The third-order valence-electron chi connectivity index (χ3n) is 5.76. The summed E-state index contributed by atoms with van der Waals surface area (Å²) in [6.45, 7) is 2.22. The van der Waals surface area contributed by atoms with Crippen LogP contribution in [-0.2, 0) is 10.0 Å². The Morgan fingerprint density at radius 2 is 1.59 bits per heavy atom. The van der Waals surface area contributed by atoms with Gasteiger partial charge in [0.05, 0.1) is 9.82 Å². The molecule has 0 N–H and O–H groups in total. The molecule has 0 unspecified atom stereocenters. The number of rotatable bonds is 13. The van der Waals surface area contributed by atoms with Gasteiger partial charge in [-0.15, -0.1) is 0 Å². The summed E-state index contributed by atoms with van der Waals surface area (Å²) in [6, 6.07) is 8.76. The Morgan fingerprint density at radius 3 is 2.22 bits per heavy atom. The lowest BCUT2D eigenvalue weighted by atomic mass is 10.1. The van der Waals surface area contributed by atoms with Gasteiger partial charge in [-0.1, -0.05) is 64.0 Å². The van der Waals surface area contributed by atoms with Crippen LogP contribution in [0.15, 0.2) is 70.5 Å². The van der Waals surface area contributed by atoms with Crippen LogP contribution in [0, 0.1) is 10.1 Å². The van der Waals surface area contributed by atoms with Crippen molar-refractivity contribution in [3.05, 3.63) is 81.4 Å². The topological polar surface area (TPSA) is 82.2 Å². The molecule has 6 nitrogen and oxygen atoms in total. The van der Waals surface area contributed by atoms with E-state index in [-0.39, 0.29) is 15.8 Å². The molecule has 2 heterocycles. The molecule has 32 heavy (non-hydrogen) atoms. The number of allylic oxidation sites excluding steroid dienone is 2. The van der Waals surface area contributed by atoms with Crippen molar-refractivity contribution < 1.29 is 13.3 Å². The van der Waals surface area contributed by atoms with E-state index in [1.54, 1.807) is 12.3 Å². The predicted molar refractivity (Wildman–Crippen MR) is 133 cm³/mol. The van der Waals surface area contributed by atoms with Crippen molar-refractivity contribution in [1.29, 1.82) is 0 Å². The molecule has 1 aromatic carbocycles. The highest BCUT2D eigenvalue weighted by Crippen LogP contribution is 2.51. The minimum absolute atomic E-state index is 0.0560. The summed E-state index contributed by atoms with van der Waals surface area (Å²) in [7, 11) is -4.40. The Bertz CT molecular complexity index is 1040. The summed E-state index contributed by atoms with van der Waals surface area (Å²) < 4.78 is 28.1. The van der Waals surface area contributed by atoms with Crippen molar-refractivity contribution in [3.8, 4) is 0 Å². The number of hydrogen-bond donors (Lipinski definition) is 1. The first-order valence-electron chi connectivity index (χ1n) is 11.2. The van der Waals surface area contributed by atoms with Gasteiger partial charge >= 0.3 is 0 Å². The number of nitrogens with zero attached hydrogens (tertiary/aromatic N) is 2. The number of thiol groups is 1. The minimum Gasteiger partial charge on any atom is -0.258 e. The Labute approximate surface area is 193 Å². The van der Waals surface area contributed by atoms with E-state index in [4.69, 9.17) is 0 Å². The van der Waals surface area contributed by atoms with Crippen molar-refractivity contribution in [2.75, 3.05) is 0 Å². The molecular formula is C24H32N2O4S2. The van der Waals surface area contributed by atoms with Crippen LogP contribution in [0.1, 0.15) is 69.2 Å². The van der Waals surface area contributed by atoms with Crippen LogP contribution in [-0.4, -0.2) is 17.3 Å². The second-order valence-corrected chi connectivity index (χ2v) is 12.0. The number of hydrogen-bond acceptors (Lipinski definition) is 4. The molecule has 2 aromatic rings. The smallest absolute Gasteiger partial charge is 0.258 e. The van der Waals surface area contributed by atoms with E-state index in [1.165, 1.54) is 60.3 Å². The lowest BCUT2D eigenvalue weighted by Crippen LogP contribution is -2.17. The van der Waals surface area contributed by atoms with Gasteiger partial charge in [-0.05, 0) is 41.5 Å². The lowest BCUT2D eigenvalue weighted by molar-refractivity contribution is -0.384. The Balaban J connectivity index is 1.78. The summed E-state index contributed by atoms with van der Waals surface area (Å²) in [5.41, 5.74) is 0.662. The number of nitro groups is 1. The minimum atomic E-state index is -3.83. The molecule has 0 fully saturated rings. The first kappa shape index (κ1) is 24.3. The summed E-state index contributed by atoms with van der Waals surface area (Å²) in [5, 5.41) is 15.4. The molecule has 0 radical (unpaired) electrons. The first-order valence-corrected chi connectivity index (χ1v) is 14.2. The zero-order valence-electron chi connectivity index (χ0n) is 18.5. The second kappa shape index (κ2) is 11.5. The van der Waals surface area contributed by atoms with E-state index < -0.39 is 25.8 Å². The van der Waals surface area contributed by atoms with Crippen molar-refractivity contribution in [3.63, 3.8) is 0 Å². The summed E-state index contributed by atoms with van der Waals surface area (Å²) in [6.07, 6.45) is 15.1. The molecule has 1 aliphatic rings. The third-order valence-corrected chi connectivity index (χ3v) is 9.75. The van der Waals surface area contributed by atoms with E-state index in [9.17, 15) is 18.5 Å². The zero-order chi connectivity index (χ0) is 23.0. The molecule has 1 atom stereocenters. The largest absolute Gasteiger partial charge is 0.269 e. The fourth-order valence-electron chi connectivity index (χ4n) is 4.01. The Hall–Kier alpha value is -2.32. The van der Waals surface area contributed by atoms with E-state index in [1.807, 2.05) is 18.2 Å². The molecule has 0 saturated heterocycles. The molecule has 0 bridgehead atoms. The highest BCUT2D eigenvalue weighted by molar-refractivity contribution is 8.22. The predicted octanol–water partition coefficient (Wildman–Crippen LogP) is 6.86. The van der Waals surface area contributed by atoms with Gasteiger partial charge in [0.2, 0.25) is 0 Å². The SMILES string of the molecule is CCCCCCCCC[C@H](c1cccn1S(=O)(=O)c1ccc([N+](=O)[O-])cc1)[SH]1C=CC=C1. The highest BCUT2D eigenvalue weighted by atomic mass is 32.2. The Morgan fingerprint density at radius 1 is 0.969 bits per heavy atom. The molecule has 174 valence electrons. The second-order valence-electron chi connectivity index (χ2n) is 8.04. The normalized spacial score (nSPS) is 15.3. The monoisotopic (exact) mass is 476 g/mol. The molecule has 0 saturated carbocycles. The maximum absolute atomic E-state index is 13.4. The van der Waals surface area contributed by atoms with E-state index in [0.717, 1.165) is 25.0 Å². The molecule has 1 aliphatic heterocycles. The number of unbranched alkanes of at least 4 members (excludes halogenated alkanes) is 6. The molecule has 1 aromatic heterocycles. The first-order chi connectivity index (χ1) is 15.4. The van der Waals surface area contributed by atoms with Crippen molar-refractivity contribution in [2.24, 2.45) is 0 Å². The van der Waals surface area contributed by atoms with Gasteiger partial charge in [0.25, 0.3) is 15.7 Å². The zero-order valence-corrected chi connectivity index (χ0v) is 20.2. The highest BCUT2D eigenvalue weighted by Gasteiger charge is 2.26. The summed E-state index contributed by atoms with van der Waals surface area (Å²) in [4.78, 5) is 10.4. The van der Waals surface area contributed by atoms with Gasteiger partial charge in [-0.3, -0.25) is 10.1 Å². The number of aromatic nitrogens is 1. The average molecular weight is 477 g/mol. The molecule has 0 aliphatic carbocycles. The van der Waals surface area contributed by atoms with Crippen LogP contribution in [0.5, 0.6) is 0 Å². The van der Waals surface area contributed by atoms with Crippen molar-refractivity contribution in [2.45, 2.75) is 68.4 Å². The van der Waals surface area contributed by atoms with E-state index in [2.05, 4.69) is 17.7 Å². The maximum atomic E-state index is 13.4. The van der Waals surface area contributed by atoms with Gasteiger partial charge < -0.3 is 0 Å². The Kier molecular flexibility index (Phi) is 8.75. The standard InChI is InChI=1S/C24H32N2O4S2/c1-2-3-4-5-6-7-8-13-24(31-19-9-10-20-31)23-12-11-18-25(23)32(29,30)22-16-14-21(15-17-22)26(27)28/h9-12,14-20,24,31H,2-8,13H2,1H3/t24-/m1/s1. The van der Waals surface area contributed by atoms with Gasteiger partial charge in [-0.25, -0.2) is 23.3 Å². The summed E-state index contributed by atoms with van der Waals surface area (Å²) >= 11 is 0. The van der Waals surface area contributed by atoms with Crippen LogP contribution < -0.4 is 0 Å². The van der Waals surface area contributed by atoms with Gasteiger partial charge in [0.1, 0.15) is 0 Å². The van der Waals surface area contributed by atoms with Crippen LogP contribution in [0.25, 0.3) is 0 Å². The van der Waals surface area contributed by atoms with Crippen molar-refractivity contribution in [1.82, 2.24) is 3.97 Å². The molecule has 0 amide bonds. The fraction of sp³-hybridized carbons (Fsp3) is 0.417. The number of benzene rings is 1. The van der Waals surface area contributed by atoms with E-state index in [0.29, 0.717) is 0 Å². The molecular weight excluding hydrogens is 444 g/mol. The molecule has 8 heteroatoms. The van der Waals surface area contributed by atoms with Gasteiger partial charge in [0.15, 0.2) is 0 Å². The molecule has 3 rings (SSSR count). The quantitative estimate of drug-likeness (QED) is 0.148. The van der Waals surface area contributed by atoms with Crippen LogP contribution in [0.4, 0.5) is 5.69 Å². The summed E-state index contributed by atoms with van der Waals surface area (Å²) in [5.74, 6) is 0. The van der Waals surface area contributed by atoms with Gasteiger partial charge in [-0.2, -0.15) is 0 Å². The van der Waals surface area contributed by atoms with Crippen LogP contribution >= 0.6 is 10.9 Å². The third kappa shape index (κ3) is 5.92. The van der Waals surface area contributed by atoms with E-state index >= 15 is 0 Å². The average Bonchev–Trinajstić information content (AvgIpc) is 3.48. The maximum Gasteiger partial charge on any atom is 0.269 e. The van der Waals surface area contributed by atoms with Gasteiger partial charge in [0, 0.05) is 29.3 Å². The number of non-ortho nitro benzene ring substituents is 1. The fourth-order valence-corrected chi connectivity index (χ4v) is 7.60. The van der Waals surface area contributed by atoms with Crippen LogP contribution in [0.3, 0.4) is 0 Å². The van der Waals surface area contributed by atoms with Crippen molar-refractivity contribution >= 4 is 26.6 Å². The van der Waals surface area contributed by atoms with Crippen LogP contribution in [0.2, 0.25) is 0 Å². The number of nitro benzene ring substituents is 1. The molecule has 0 spiro atoms.